The van der Waals surface area contributed by atoms with Crippen LogP contribution in [-0.2, 0) is 88.1 Å². The first-order valence-electron chi connectivity index (χ1n) is 30.5. The third-order valence-corrected chi connectivity index (χ3v) is 22.8. The van der Waals surface area contributed by atoms with Gasteiger partial charge in [0.05, 0.1) is 33.7 Å². The van der Waals surface area contributed by atoms with Crippen molar-refractivity contribution in [1.82, 2.24) is 29.5 Å². The zero-order valence-electron chi connectivity index (χ0n) is 50.7. The van der Waals surface area contributed by atoms with Gasteiger partial charge in [0.15, 0.2) is 0 Å². The lowest BCUT2D eigenvalue weighted by molar-refractivity contribution is -0.126. The number of benzene rings is 3. The molecular weight excluding hydrogens is 1100 g/mol. The number of aryl methyl sites for hydroxylation is 5. The molecule has 16 nitrogen and oxygen atoms in total. The summed E-state index contributed by atoms with van der Waals surface area (Å²) in [5.41, 5.74) is 15.1. The van der Waals surface area contributed by atoms with Gasteiger partial charge < -0.3 is 34.0 Å². The molecule has 1 spiro atoms. The molecule has 0 bridgehead atoms. The van der Waals surface area contributed by atoms with Crippen molar-refractivity contribution in [3.8, 4) is 22.8 Å². The number of rotatable bonds is 19. The van der Waals surface area contributed by atoms with Gasteiger partial charge in [-0.2, -0.15) is 18.6 Å². The minimum absolute atomic E-state index is 0.0158. The summed E-state index contributed by atoms with van der Waals surface area (Å²) in [4.78, 5) is 39.2. The molecule has 2 N–H and O–H groups in total. The second kappa shape index (κ2) is 23.3. The van der Waals surface area contributed by atoms with E-state index in [0.29, 0.717) is 46.2 Å². The molecule has 5 aliphatic rings. The predicted molar refractivity (Wildman–Crippen MR) is 335 cm³/mol. The van der Waals surface area contributed by atoms with Crippen molar-refractivity contribution in [3.05, 3.63) is 99.9 Å². The van der Waals surface area contributed by atoms with Crippen LogP contribution in [-0.4, -0.2) is 112 Å². The highest BCUT2D eigenvalue weighted by Crippen LogP contribution is 2.52. The van der Waals surface area contributed by atoms with Gasteiger partial charge in [0, 0.05) is 101 Å². The standard InChI is InChI=1S/C36H48N4O5SSi.C28H38N4O3Si/c1-7-16-36(17-18-45-46(42,43)27-14-12-25(3)13-15-27)30-22-31-29(21-32(30)40(8-2)35(36)41)28-11-9-10-26-23-39(38-33(26)34(28)37-31)24-44-19-20-47(4,5)6;1-5-32-24-15-21-20-8-6-7-19-17-31(18-35-13-14-36(2,3)4)30-25(19)26(20)29-23(21)16-22(24)28(27(32)33)9-11-34-12-10-28/h12-15,21-23,37H,7-11,16-20,24H2,1-6H3;15-17,29H,5-14,18H2,1-4H3. The molecule has 2 aliphatic carbocycles. The second-order valence-electron chi connectivity index (χ2n) is 26.2. The largest absolute Gasteiger partial charge is 0.381 e. The van der Waals surface area contributed by atoms with Crippen LogP contribution < -0.4 is 9.80 Å². The molecule has 83 heavy (non-hydrogen) atoms. The first-order valence-corrected chi connectivity index (χ1v) is 39.3. The van der Waals surface area contributed by atoms with Gasteiger partial charge in [0.1, 0.15) is 24.8 Å². The molecule has 19 heteroatoms. The maximum Gasteiger partial charge on any atom is 0.296 e. The molecule has 7 aromatic rings. The minimum Gasteiger partial charge on any atom is -0.381 e. The number of likely N-dealkylation sites (N-methyl/N-ethyl adjacent to an activating group) is 2. The first-order chi connectivity index (χ1) is 39.7. The fourth-order valence-corrected chi connectivity index (χ4v) is 15.9. The molecule has 1 atom stereocenters. The number of amides is 2. The number of carbonyl (C=O) groups excluding carboxylic acids is 2. The zero-order chi connectivity index (χ0) is 58.6. The van der Waals surface area contributed by atoms with Gasteiger partial charge in [0.2, 0.25) is 11.8 Å². The number of carbonyl (C=O) groups is 2. The van der Waals surface area contributed by atoms with Gasteiger partial charge in [-0.3, -0.25) is 13.8 Å². The molecule has 1 unspecified atom stereocenters. The molecule has 0 radical (unpaired) electrons. The Kier molecular flexibility index (Phi) is 16.6. The van der Waals surface area contributed by atoms with Crippen LogP contribution in [0.3, 0.4) is 0 Å². The Morgan fingerprint density at radius 3 is 1.66 bits per heavy atom. The number of hydrogen-bond donors (Lipinski definition) is 2. The van der Waals surface area contributed by atoms with Gasteiger partial charge in [0.25, 0.3) is 10.1 Å². The highest BCUT2D eigenvalue weighted by Gasteiger charge is 2.52. The topological polar surface area (TPSA) is 179 Å². The van der Waals surface area contributed by atoms with E-state index in [0.717, 1.165) is 145 Å². The Balaban J connectivity index is 0.000000180. The maximum atomic E-state index is 14.2. The van der Waals surface area contributed by atoms with Crippen LogP contribution in [0, 0.1) is 6.92 Å². The molecule has 7 heterocycles. The predicted octanol–water partition coefficient (Wildman–Crippen LogP) is 12.6. The van der Waals surface area contributed by atoms with E-state index in [2.05, 4.69) is 99.8 Å². The molecule has 1 saturated heterocycles. The van der Waals surface area contributed by atoms with Gasteiger partial charge in [-0.1, -0.05) is 70.3 Å². The smallest absolute Gasteiger partial charge is 0.296 e. The molecule has 3 aromatic carbocycles. The van der Waals surface area contributed by atoms with Crippen LogP contribution in [0.25, 0.3) is 44.6 Å². The van der Waals surface area contributed by atoms with Crippen LogP contribution in [0.5, 0.6) is 0 Å². The molecule has 4 aromatic heterocycles. The van der Waals surface area contributed by atoms with E-state index < -0.39 is 37.1 Å². The average molecular weight is 1180 g/mol. The van der Waals surface area contributed by atoms with E-state index in [9.17, 15) is 18.0 Å². The van der Waals surface area contributed by atoms with E-state index in [1.807, 2.05) is 33.0 Å². The van der Waals surface area contributed by atoms with Gasteiger partial charge in [-0.05, 0) is 167 Å². The average Bonchev–Trinajstić information content (AvgIpc) is 1.64. The van der Waals surface area contributed by atoms with Crippen molar-refractivity contribution in [3.63, 3.8) is 0 Å². The lowest BCUT2D eigenvalue weighted by atomic mass is 9.75. The highest BCUT2D eigenvalue weighted by atomic mass is 32.2. The van der Waals surface area contributed by atoms with Crippen molar-refractivity contribution >= 4 is 71.3 Å². The lowest BCUT2D eigenvalue weighted by Crippen LogP contribution is -2.44. The summed E-state index contributed by atoms with van der Waals surface area (Å²) in [5, 5.41) is 12.3. The third-order valence-electron chi connectivity index (χ3n) is 18.0. The molecule has 12 rings (SSSR count). The Labute approximate surface area is 492 Å². The van der Waals surface area contributed by atoms with Gasteiger partial charge in [-0.25, -0.2) is 9.36 Å². The number of ether oxygens (including phenoxy) is 3. The van der Waals surface area contributed by atoms with Gasteiger partial charge >= 0.3 is 0 Å². The summed E-state index contributed by atoms with van der Waals surface area (Å²) in [6.45, 7) is 27.1. The van der Waals surface area contributed by atoms with Crippen LogP contribution in [0.15, 0.2) is 65.8 Å². The van der Waals surface area contributed by atoms with E-state index in [-0.39, 0.29) is 29.7 Å². The Morgan fingerprint density at radius 1 is 0.651 bits per heavy atom. The van der Waals surface area contributed by atoms with Crippen molar-refractivity contribution < 1.29 is 36.4 Å². The summed E-state index contributed by atoms with van der Waals surface area (Å²) in [6.07, 6.45) is 13.4. The molecule has 2 amide bonds. The summed E-state index contributed by atoms with van der Waals surface area (Å²) < 4.78 is 53.1. The lowest BCUT2D eigenvalue weighted by Gasteiger charge is -2.32. The fraction of sp³-hybridized carbons (Fsp3) is 0.531. The normalized spacial score (nSPS) is 18.4. The Bertz CT molecular complexity index is 3670. The summed E-state index contributed by atoms with van der Waals surface area (Å²) >= 11 is 0. The molecular formula is C64H86N8O8SSi2. The van der Waals surface area contributed by atoms with Crippen molar-refractivity contribution in [1.29, 1.82) is 0 Å². The van der Waals surface area contributed by atoms with Crippen LogP contribution in [0.2, 0.25) is 51.4 Å². The minimum atomic E-state index is -3.95. The number of nitrogens with one attached hydrogen (secondary N) is 2. The van der Waals surface area contributed by atoms with Crippen LogP contribution in [0.1, 0.15) is 105 Å². The van der Waals surface area contributed by atoms with E-state index >= 15 is 0 Å². The Hall–Kier alpha value is -5.68. The first kappa shape index (κ1) is 59.1. The Morgan fingerprint density at radius 2 is 1.16 bits per heavy atom. The fourth-order valence-electron chi connectivity index (χ4n) is 13.5. The van der Waals surface area contributed by atoms with Gasteiger partial charge in [-0.15, -0.1) is 0 Å². The van der Waals surface area contributed by atoms with Crippen molar-refractivity contribution in [2.24, 2.45) is 0 Å². The summed E-state index contributed by atoms with van der Waals surface area (Å²) in [6, 6.07) is 17.7. The summed E-state index contributed by atoms with van der Waals surface area (Å²) in [7, 11) is -6.22. The highest BCUT2D eigenvalue weighted by molar-refractivity contribution is 7.86. The van der Waals surface area contributed by atoms with Crippen LogP contribution in [0.4, 0.5) is 11.4 Å². The SMILES string of the molecule is CCCC1(CCOS(=O)(=O)c2ccc(C)cc2)C(=O)N(CC)c2cc3c4c([nH]c3cc21)-c1nn(COCC[Si](C)(C)C)cc1CCC4.CCN1C(=O)C2(CCOCC2)c2cc3[nH]c4c(c3cc21)CCCc1cn(COCC[Si](C)(C)C)nc1-4. The summed E-state index contributed by atoms with van der Waals surface area (Å²) in [5.74, 6) is 0.263. The second-order valence-corrected chi connectivity index (χ2v) is 39.1. The monoisotopic (exact) mass is 1180 g/mol. The zero-order valence-corrected chi connectivity index (χ0v) is 53.5. The molecule has 444 valence electrons. The van der Waals surface area contributed by atoms with Crippen molar-refractivity contribution in [2.75, 3.05) is 55.9 Å². The maximum absolute atomic E-state index is 14.2. The number of H-pyrrole nitrogens is 2. The number of aromatic amines is 2. The van der Waals surface area contributed by atoms with E-state index in [1.165, 1.54) is 33.2 Å². The van der Waals surface area contributed by atoms with Crippen LogP contribution >= 0.6 is 0 Å². The van der Waals surface area contributed by atoms with E-state index in [4.69, 9.17) is 28.6 Å². The number of hydrogen-bond acceptors (Lipinski definition) is 10. The number of anilines is 2. The number of fused-ring (bicyclic) bond motifs is 13. The van der Waals surface area contributed by atoms with E-state index in [1.54, 1.807) is 24.3 Å². The van der Waals surface area contributed by atoms with Crippen molar-refractivity contribution in [2.45, 2.75) is 179 Å². The quantitative estimate of drug-likeness (QED) is 0.0450. The molecule has 1 fully saturated rings. The molecule has 3 aliphatic heterocycles. The molecule has 0 saturated carbocycles. The third kappa shape index (κ3) is 11.4. The number of nitrogens with zero attached hydrogens (tertiary/aromatic N) is 6. The number of aromatic nitrogens is 6.